The van der Waals surface area contributed by atoms with Crippen LogP contribution in [0, 0.1) is 0 Å². The van der Waals surface area contributed by atoms with E-state index < -0.39 is 11.6 Å². The van der Waals surface area contributed by atoms with E-state index in [9.17, 15) is 14.4 Å². The van der Waals surface area contributed by atoms with Gasteiger partial charge < -0.3 is 21.7 Å². The maximum Gasteiger partial charge on any atom is 0.251 e. The van der Waals surface area contributed by atoms with Crippen LogP contribution >= 0.6 is 0 Å². The van der Waals surface area contributed by atoms with Crippen LogP contribution in [0.2, 0.25) is 0 Å². The molecule has 0 aliphatic carbocycles. The van der Waals surface area contributed by atoms with Crippen LogP contribution < -0.4 is 21.7 Å². The van der Waals surface area contributed by atoms with Crippen molar-refractivity contribution in [2.45, 2.75) is 58.2 Å². The summed E-state index contributed by atoms with van der Waals surface area (Å²) in [5.41, 5.74) is 9.73. The molecule has 7 nitrogen and oxygen atoms in total. The molecule has 1 unspecified atom stereocenters. The highest BCUT2D eigenvalue weighted by molar-refractivity contribution is 6.00. The average Bonchev–Trinajstić information content (AvgIpc) is 2.89. The highest BCUT2D eigenvalue weighted by Gasteiger charge is 2.24. The number of hydrogen-bond acceptors (Lipinski definition) is 4. The van der Waals surface area contributed by atoms with E-state index in [1.807, 2.05) is 85.8 Å². The van der Waals surface area contributed by atoms with Gasteiger partial charge in [0.2, 0.25) is 11.8 Å². The van der Waals surface area contributed by atoms with Gasteiger partial charge in [0.15, 0.2) is 0 Å². The number of benzene rings is 3. The number of aryl methyl sites for hydroxylation is 1. The summed E-state index contributed by atoms with van der Waals surface area (Å²) in [5.74, 6) is -0.600. The SMILES string of the molecule is CCNC(=O)c1ccccc1-c1ccc(CNC(=O)C(CCc2ccccc2)NC(=O)CC(C)(C)N)cc1. The highest BCUT2D eigenvalue weighted by Crippen LogP contribution is 2.24. The zero-order chi connectivity index (χ0) is 27.5. The predicted octanol–water partition coefficient (Wildman–Crippen LogP) is 3.96. The largest absolute Gasteiger partial charge is 0.352 e. The lowest BCUT2D eigenvalue weighted by molar-refractivity contribution is -0.129. The van der Waals surface area contributed by atoms with E-state index in [-0.39, 0.29) is 24.1 Å². The van der Waals surface area contributed by atoms with Crippen molar-refractivity contribution >= 4 is 17.7 Å². The van der Waals surface area contributed by atoms with Crippen LogP contribution in [0.25, 0.3) is 11.1 Å². The molecule has 3 aromatic carbocycles. The fraction of sp³-hybridized carbons (Fsp3) is 0.323. The molecule has 0 heterocycles. The zero-order valence-electron chi connectivity index (χ0n) is 22.4. The van der Waals surface area contributed by atoms with Gasteiger partial charge in [-0.05, 0) is 61.9 Å². The molecule has 0 fully saturated rings. The summed E-state index contributed by atoms with van der Waals surface area (Å²) in [5, 5.41) is 8.68. The number of rotatable bonds is 12. The number of amides is 3. The number of nitrogens with one attached hydrogen (secondary N) is 3. The Morgan fingerprint density at radius 2 is 1.50 bits per heavy atom. The van der Waals surface area contributed by atoms with E-state index in [0.717, 1.165) is 22.3 Å². The van der Waals surface area contributed by atoms with Gasteiger partial charge in [0.05, 0.1) is 0 Å². The third kappa shape index (κ3) is 8.85. The summed E-state index contributed by atoms with van der Waals surface area (Å²) in [4.78, 5) is 38.1. The van der Waals surface area contributed by atoms with Gasteiger partial charge in [0, 0.05) is 30.6 Å². The molecule has 5 N–H and O–H groups in total. The summed E-state index contributed by atoms with van der Waals surface area (Å²) in [6, 6.07) is 24.4. The Morgan fingerprint density at radius 3 is 2.16 bits per heavy atom. The van der Waals surface area contributed by atoms with Crippen molar-refractivity contribution in [3.8, 4) is 11.1 Å². The number of carbonyl (C=O) groups excluding carboxylic acids is 3. The van der Waals surface area contributed by atoms with E-state index in [0.29, 0.717) is 31.5 Å². The molecule has 0 aliphatic heterocycles. The lowest BCUT2D eigenvalue weighted by atomic mass is 9.98. The minimum Gasteiger partial charge on any atom is -0.352 e. The van der Waals surface area contributed by atoms with Gasteiger partial charge in [-0.2, -0.15) is 0 Å². The van der Waals surface area contributed by atoms with Gasteiger partial charge in [0.1, 0.15) is 6.04 Å². The highest BCUT2D eigenvalue weighted by atomic mass is 16.2. The van der Waals surface area contributed by atoms with E-state index >= 15 is 0 Å². The molecule has 0 aliphatic rings. The molecule has 7 heteroatoms. The van der Waals surface area contributed by atoms with Gasteiger partial charge in [0.25, 0.3) is 5.91 Å². The quantitative estimate of drug-likeness (QED) is 0.293. The Morgan fingerprint density at radius 1 is 0.842 bits per heavy atom. The van der Waals surface area contributed by atoms with E-state index in [4.69, 9.17) is 5.73 Å². The maximum atomic E-state index is 13.1. The topological polar surface area (TPSA) is 113 Å². The van der Waals surface area contributed by atoms with Crippen LogP contribution in [0.15, 0.2) is 78.9 Å². The second-order valence-corrected chi connectivity index (χ2v) is 10.1. The first-order valence-corrected chi connectivity index (χ1v) is 13.0. The standard InChI is InChI=1S/C31H38N4O3/c1-4-33-29(37)26-13-9-8-12-25(26)24-17-14-23(15-18-24)21-34-30(38)27(35-28(36)20-31(2,3)32)19-16-22-10-6-5-7-11-22/h5-15,17-18,27H,4,16,19-21,32H2,1-3H3,(H,33,37)(H,34,38)(H,35,36). The summed E-state index contributed by atoms with van der Waals surface area (Å²) < 4.78 is 0. The number of nitrogens with two attached hydrogens (primary N) is 1. The molecule has 0 radical (unpaired) electrons. The first-order valence-electron chi connectivity index (χ1n) is 13.0. The minimum atomic E-state index is -0.673. The van der Waals surface area contributed by atoms with Crippen molar-refractivity contribution < 1.29 is 14.4 Å². The van der Waals surface area contributed by atoms with Crippen molar-refractivity contribution in [3.63, 3.8) is 0 Å². The molecular weight excluding hydrogens is 476 g/mol. The molecule has 1 atom stereocenters. The lowest BCUT2D eigenvalue weighted by Gasteiger charge is -2.22. The van der Waals surface area contributed by atoms with Crippen LogP contribution in [-0.4, -0.2) is 35.8 Å². The summed E-state index contributed by atoms with van der Waals surface area (Å²) in [6.45, 7) is 6.33. The molecule has 38 heavy (non-hydrogen) atoms. The predicted molar refractivity (Wildman–Crippen MR) is 151 cm³/mol. The fourth-order valence-corrected chi connectivity index (χ4v) is 4.19. The van der Waals surface area contributed by atoms with Crippen molar-refractivity contribution in [2.75, 3.05) is 6.54 Å². The summed E-state index contributed by atoms with van der Waals surface area (Å²) >= 11 is 0. The number of carbonyl (C=O) groups is 3. The molecule has 0 aromatic heterocycles. The molecule has 200 valence electrons. The molecule has 3 amide bonds. The summed E-state index contributed by atoms with van der Waals surface area (Å²) in [6.07, 6.45) is 1.26. The van der Waals surface area contributed by atoms with E-state index in [1.54, 1.807) is 13.8 Å². The van der Waals surface area contributed by atoms with Crippen LogP contribution in [0.5, 0.6) is 0 Å². The monoisotopic (exact) mass is 514 g/mol. The van der Waals surface area contributed by atoms with Crippen LogP contribution in [0.4, 0.5) is 0 Å². The van der Waals surface area contributed by atoms with Gasteiger partial charge >= 0.3 is 0 Å². The maximum absolute atomic E-state index is 13.1. The Labute approximate surface area is 225 Å². The van der Waals surface area contributed by atoms with E-state index in [1.165, 1.54) is 0 Å². The second kappa shape index (κ2) is 13.5. The van der Waals surface area contributed by atoms with Crippen LogP contribution in [-0.2, 0) is 22.6 Å². The summed E-state index contributed by atoms with van der Waals surface area (Å²) in [7, 11) is 0. The Kier molecular flexibility index (Phi) is 10.2. The smallest absolute Gasteiger partial charge is 0.251 e. The first-order chi connectivity index (χ1) is 18.2. The van der Waals surface area contributed by atoms with Crippen LogP contribution in [0.3, 0.4) is 0 Å². The van der Waals surface area contributed by atoms with Crippen molar-refractivity contribution in [1.82, 2.24) is 16.0 Å². The van der Waals surface area contributed by atoms with Gasteiger partial charge in [-0.3, -0.25) is 14.4 Å². The fourth-order valence-electron chi connectivity index (χ4n) is 4.19. The van der Waals surface area contributed by atoms with Gasteiger partial charge in [-0.15, -0.1) is 0 Å². The second-order valence-electron chi connectivity index (χ2n) is 10.1. The average molecular weight is 515 g/mol. The normalized spacial score (nSPS) is 11.9. The van der Waals surface area contributed by atoms with Gasteiger partial charge in [-0.25, -0.2) is 0 Å². The van der Waals surface area contributed by atoms with Crippen molar-refractivity contribution in [2.24, 2.45) is 5.73 Å². The Hall–Kier alpha value is -3.97. The molecule has 3 aromatic rings. The Bertz CT molecular complexity index is 1220. The molecule has 0 saturated heterocycles. The van der Waals surface area contributed by atoms with Gasteiger partial charge in [-0.1, -0.05) is 72.8 Å². The lowest BCUT2D eigenvalue weighted by Crippen LogP contribution is -2.49. The van der Waals surface area contributed by atoms with Crippen molar-refractivity contribution in [3.05, 3.63) is 95.6 Å². The molecule has 3 rings (SSSR count). The van der Waals surface area contributed by atoms with Crippen molar-refractivity contribution in [1.29, 1.82) is 0 Å². The first kappa shape index (κ1) is 28.6. The minimum absolute atomic E-state index is 0.110. The van der Waals surface area contributed by atoms with E-state index in [2.05, 4.69) is 16.0 Å². The molecule has 0 bridgehead atoms. The third-order valence-electron chi connectivity index (χ3n) is 6.07. The molecular formula is C31H38N4O3. The molecule has 0 saturated carbocycles. The zero-order valence-corrected chi connectivity index (χ0v) is 22.4. The molecule has 0 spiro atoms. The van der Waals surface area contributed by atoms with Crippen LogP contribution in [0.1, 0.15) is 55.1 Å². The third-order valence-corrected chi connectivity index (χ3v) is 6.07. The number of hydrogen-bond donors (Lipinski definition) is 4. The Balaban J connectivity index is 1.66.